The normalized spacial score (nSPS) is 11.4. The predicted octanol–water partition coefficient (Wildman–Crippen LogP) is 5.48. The van der Waals surface area contributed by atoms with Gasteiger partial charge in [-0.25, -0.2) is 4.98 Å². The molecule has 1 aromatic heterocycles. The zero-order chi connectivity index (χ0) is 20.5. The van der Waals surface area contributed by atoms with Gasteiger partial charge in [-0.05, 0) is 84.5 Å². The van der Waals surface area contributed by atoms with Crippen LogP contribution in [-0.4, -0.2) is 14.7 Å². The summed E-state index contributed by atoms with van der Waals surface area (Å²) in [4.78, 5) is 18.2. The number of hydrogen-bond acceptors (Lipinski definition) is 3. The van der Waals surface area contributed by atoms with E-state index in [9.17, 15) is 9.90 Å². The summed E-state index contributed by atoms with van der Waals surface area (Å²) >= 11 is 2.20. The van der Waals surface area contributed by atoms with Crippen molar-refractivity contribution in [1.29, 1.82) is 0 Å². The highest BCUT2D eigenvalue weighted by Gasteiger charge is 2.13. The smallest absolute Gasteiger partial charge is 0.266 e. The molecule has 0 aliphatic heterocycles. The molecule has 4 nitrogen and oxygen atoms in total. The van der Waals surface area contributed by atoms with Crippen molar-refractivity contribution in [2.75, 3.05) is 0 Å². The Bertz CT molecular complexity index is 1320. The fourth-order valence-corrected chi connectivity index (χ4v) is 3.86. The quantitative estimate of drug-likeness (QED) is 0.384. The van der Waals surface area contributed by atoms with Gasteiger partial charge >= 0.3 is 0 Å². The third-order valence-corrected chi connectivity index (χ3v) is 5.47. The zero-order valence-corrected chi connectivity index (χ0v) is 18.2. The monoisotopic (exact) mass is 494 g/mol. The van der Waals surface area contributed by atoms with Crippen LogP contribution in [0.25, 0.3) is 28.7 Å². The summed E-state index contributed by atoms with van der Waals surface area (Å²) in [6, 6.07) is 18.7. The molecule has 29 heavy (non-hydrogen) atoms. The number of para-hydroxylation sites is 1. The Labute approximate surface area is 182 Å². The number of rotatable bonds is 3. The topological polar surface area (TPSA) is 55.1 Å². The second-order valence-corrected chi connectivity index (χ2v) is 8.20. The van der Waals surface area contributed by atoms with Gasteiger partial charge < -0.3 is 5.11 Å². The van der Waals surface area contributed by atoms with Crippen molar-refractivity contribution in [3.63, 3.8) is 0 Å². The summed E-state index contributed by atoms with van der Waals surface area (Å²) in [5.74, 6) is 0.693. The number of aryl methyl sites for hydroxylation is 2. The molecule has 0 spiro atoms. The van der Waals surface area contributed by atoms with Crippen molar-refractivity contribution < 1.29 is 5.11 Å². The lowest BCUT2D eigenvalue weighted by atomic mass is 10.1. The number of hydrogen-bond donors (Lipinski definition) is 1. The largest absolute Gasteiger partial charge is 0.507 e. The Morgan fingerprint density at radius 3 is 2.55 bits per heavy atom. The fraction of sp³-hybridized carbons (Fsp3) is 0.0833. The SMILES string of the molecule is Cc1ccc(-n2c(C=Cc3ccccc3O)nc3ccc(I)cc3c2=O)c(C)c1. The van der Waals surface area contributed by atoms with Gasteiger partial charge in [0.1, 0.15) is 11.6 Å². The molecule has 0 aliphatic carbocycles. The highest BCUT2D eigenvalue weighted by Crippen LogP contribution is 2.22. The van der Waals surface area contributed by atoms with Crippen molar-refractivity contribution in [3.8, 4) is 11.4 Å². The molecule has 0 saturated heterocycles. The number of aromatic nitrogens is 2. The van der Waals surface area contributed by atoms with Crippen LogP contribution in [0.3, 0.4) is 0 Å². The molecule has 0 fully saturated rings. The summed E-state index contributed by atoms with van der Waals surface area (Å²) in [6.07, 6.45) is 3.54. The first kappa shape index (κ1) is 19.4. The van der Waals surface area contributed by atoms with Gasteiger partial charge in [-0.3, -0.25) is 9.36 Å². The molecule has 0 aliphatic rings. The molecule has 3 aromatic carbocycles. The zero-order valence-electron chi connectivity index (χ0n) is 16.1. The van der Waals surface area contributed by atoms with Crippen molar-refractivity contribution in [1.82, 2.24) is 9.55 Å². The molecule has 0 saturated carbocycles. The van der Waals surface area contributed by atoms with Crippen molar-refractivity contribution in [2.24, 2.45) is 0 Å². The minimum Gasteiger partial charge on any atom is -0.507 e. The van der Waals surface area contributed by atoms with Gasteiger partial charge in [0, 0.05) is 9.13 Å². The molecule has 0 bridgehead atoms. The summed E-state index contributed by atoms with van der Waals surface area (Å²) in [5, 5.41) is 10.6. The van der Waals surface area contributed by atoms with E-state index in [4.69, 9.17) is 4.98 Å². The number of phenols is 1. The van der Waals surface area contributed by atoms with Gasteiger partial charge in [0.25, 0.3) is 5.56 Å². The molecule has 5 heteroatoms. The minimum atomic E-state index is -0.114. The number of aromatic hydroxyl groups is 1. The first-order valence-electron chi connectivity index (χ1n) is 9.20. The third kappa shape index (κ3) is 3.82. The molecular formula is C24H19IN2O2. The molecule has 4 aromatic rings. The summed E-state index contributed by atoms with van der Waals surface area (Å²) in [6.45, 7) is 4.02. The van der Waals surface area contributed by atoms with Gasteiger partial charge in [-0.2, -0.15) is 0 Å². The van der Waals surface area contributed by atoms with Crippen LogP contribution in [0.5, 0.6) is 5.75 Å². The Kier molecular flexibility index (Phi) is 5.24. The van der Waals surface area contributed by atoms with Gasteiger partial charge in [-0.15, -0.1) is 0 Å². The molecule has 0 unspecified atom stereocenters. The lowest BCUT2D eigenvalue weighted by molar-refractivity contribution is 0.474. The Balaban J connectivity index is 2.00. The van der Waals surface area contributed by atoms with E-state index in [2.05, 4.69) is 28.7 Å². The van der Waals surface area contributed by atoms with Crippen LogP contribution in [0.15, 0.2) is 65.5 Å². The van der Waals surface area contributed by atoms with Crippen LogP contribution in [0.2, 0.25) is 0 Å². The third-order valence-electron chi connectivity index (χ3n) is 4.80. The van der Waals surface area contributed by atoms with Crippen LogP contribution >= 0.6 is 22.6 Å². The van der Waals surface area contributed by atoms with Crippen LogP contribution in [-0.2, 0) is 0 Å². The second kappa shape index (κ2) is 7.83. The highest BCUT2D eigenvalue weighted by atomic mass is 127. The average Bonchev–Trinajstić information content (AvgIpc) is 2.69. The number of fused-ring (bicyclic) bond motifs is 1. The van der Waals surface area contributed by atoms with E-state index < -0.39 is 0 Å². The summed E-state index contributed by atoms with van der Waals surface area (Å²) in [5.41, 5.74) is 4.12. The van der Waals surface area contributed by atoms with Crippen molar-refractivity contribution >= 4 is 45.6 Å². The molecule has 0 amide bonds. The summed E-state index contributed by atoms with van der Waals surface area (Å²) < 4.78 is 2.63. The Morgan fingerprint density at radius 1 is 1.00 bits per heavy atom. The maximum absolute atomic E-state index is 13.5. The van der Waals surface area contributed by atoms with Crippen LogP contribution in [0.4, 0.5) is 0 Å². The van der Waals surface area contributed by atoms with E-state index in [1.807, 2.05) is 56.3 Å². The first-order valence-corrected chi connectivity index (χ1v) is 10.3. The molecule has 1 N–H and O–H groups in total. The van der Waals surface area contributed by atoms with E-state index in [0.717, 1.165) is 20.4 Å². The average molecular weight is 494 g/mol. The minimum absolute atomic E-state index is 0.114. The van der Waals surface area contributed by atoms with Crippen LogP contribution in [0, 0.1) is 17.4 Å². The lowest BCUT2D eigenvalue weighted by Gasteiger charge is -2.14. The highest BCUT2D eigenvalue weighted by molar-refractivity contribution is 14.1. The molecule has 1 heterocycles. The summed E-state index contributed by atoms with van der Waals surface area (Å²) in [7, 11) is 0. The molecule has 0 atom stereocenters. The van der Waals surface area contributed by atoms with Crippen molar-refractivity contribution in [3.05, 3.63) is 97.1 Å². The maximum atomic E-state index is 13.5. The van der Waals surface area contributed by atoms with E-state index in [0.29, 0.717) is 22.3 Å². The predicted molar refractivity (Wildman–Crippen MR) is 127 cm³/mol. The van der Waals surface area contributed by atoms with Crippen molar-refractivity contribution in [2.45, 2.75) is 13.8 Å². The number of nitrogens with zero attached hydrogens (tertiary/aromatic N) is 2. The molecule has 0 radical (unpaired) electrons. The van der Waals surface area contributed by atoms with Gasteiger partial charge in [-0.1, -0.05) is 35.9 Å². The van der Waals surface area contributed by atoms with Gasteiger partial charge in [0.05, 0.1) is 16.6 Å². The first-order chi connectivity index (χ1) is 13.9. The molecular weight excluding hydrogens is 475 g/mol. The van der Waals surface area contributed by atoms with E-state index in [1.54, 1.807) is 28.9 Å². The molecule has 144 valence electrons. The van der Waals surface area contributed by atoms with Gasteiger partial charge in [0.15, 0.2) is 0 Å². The Hall–Kier alpha value is -2.93. The fourth-order valence-electron chi connectivity index (χ4n) is 3.37. The van der Waals surface area contributed by atoms with Crippen LogP contribution in [0.1, 0.15) is 22.5 Å². The van der Waals surface area contributed by atoms with E-state index in [-0.39, 0.29) is 11.3 Å². The number of benzene rings is 3. The standard InChI is InChI=1S/C24H19IN2O2/c1-15-7-11-21(16(2)13-15)27-23(12-8-17-5-3-4-6-22(17)28)26-20-10-9-18(25)14-19(20)24(27)29/h3-14,28H,1-2H3. The van der Waals surface area contributed by atoms with E-state index >= 15 is 0 Å². The maximum Gasteiger partial charge on any atom is 0.266 e. The van der Waals surface area contributed by atoms with E-state index in [1.165, 1.54) is 0 Å². The molecule has 4 rings (SSSR count). The number of phenolic OH excluding ortho intramolecular Hbond substituents is 1. The van der Waals surface area contributed by atoms with Gasteiger partial charge in [0.2, 0.25) is 0 Å². The lowest BCUT2D eigenvalue weighted by Crippen LogP contribution is -2.23. The Morgan fingerprint density at radius 2 is 1.79 bits per heavy atom. The van der Waals surface area contributed by atoms with Crippen LogP contribution < -0.4 is 5.56 Å². The second-order valence-electron chi connectivity index (χ2n) is 6.95. The number of halogens is 1.